The van der Waals surface area contributed by atoms with Gasteiger partial charge < -0.3 is 4.90 Å². The second kappa shape index (κ2) is 9.55. The van der Waals surface area contributed by atoms with Crippen LogP contribution in [-0.2, 0) is 0 Å². The van der Waals surface area contributed by atoms with Crippen molar-refractivity contribution in [1.29, 1.82) is 0 Å². The highest BCUT2D eigenvalue weighted by atomic mass is 19.1. The van der Waals surface area contributed by atoms with Crippen LogP contribution in [0, 0.1) is 12.7 Å². The van der Waals surface area contributed by atoms with Crippen LogP contribution in [-0.4, -0.2) is 61.7 Å². The molecule has 2 heterocycles. The number of likely N-dealkylation sites (tertiary alicyclic amines) is 1. The quantitative estimate of drug-likeness (QED) is 0.744. The molecule has 2 aromatic carbocycles. The number of halogens is 1. The number of aryl methyl sites for hydroxylation is 1. The zero-order chi connectivity index (χ0) is 20.1. The van der Waals surface area contributed by atoms with E-state index in [-0.39, 0.29) is 5.82 Å². The van der Waals surface area contributed by atoms with Crippen LogP contribution in [0.2, 0.25) is 0 Å². The summed E-state index contributed by atoms with van der Waals surface area (Å²) in [5.74, 6) is -0.177. The summed E-state index contributed by atoms with van der Waals surface area (Å²) in [6.07, 6.45) is 6.89. The number of piperidine rings is 1. The van der Waals surface area contributed by atoms with Crippen molar-refractivity contribution in [3.63, 3.8) is 0 Å². The molecule has 0 bridgehead atoms. The lowest BCUT2D eigenvalue weighted by atomic mass is 10.0. The summed E-state index contributed by atoms with van der Waals surface area (Å²) < 4.78 is 13.0. The van der Waals surface area contributed by atoms with Gasteiger partial charge in [0.15, 0.2) is 0 Å². The van der Waals surface area contributed by atoms with E-state index in [4.69, 9.17) is 0 Å². The molecule has 2 aliphatic heterocycles. The van der Waals surface area contributed by atoms with Gasteiger partial charge in [-0.3, -0.25) is 9.80 Å². The van der Waals surface area contributed by atoms with Crippen LogP contribution in [0.25, 0.3) is 6.08 Å². The third-order valence-corrected chi connectivity index (χ3v) is 6.31. The van der Waals surface area contributed by atoms with Crippen molar-refractivity contribution in [3.05, 3.63) is 71.6 Å². The molecule has 2 saturated heterocycles. The van der Waals surface area contributed by atoms with Crippen LogP contribution in [0.5, 0.6) is 0 Å². The summed E-state index contributed by atoms with van der Waals surface area (Å²) >= 11 is 0. The fourth-order valence-corrected chi connectivity index (χ4v) is 4.65. The minimum atomic E-state index is -0.177. The molecule has 29 heavy (non-hydrogen) atoms. The number of anilines is 1. The molecule has 2 aliphatic rings. The van der Waals surface area contributed by atoms with Crippen molar-refractivity contribution in [2.75, 3.05) is 50.7 Å². The van der Waals surface area contributed by atoms with Crippen LogP contribution in [0.3, 0.4) is 0 Å². The third kappa shape index (κ3) is 5.26. The molecule has 0 saturated carbocycles. The second-order valence-electron chi connectivity index (χ2n) is 8.32. The van der Waals surface area contributed by atoms with Crippen molar-refractivity contribution < 1.29 is 4.39 Å². The maximum Gasteiger partial charge on any atom is 0.123 e. The molecular weight excluding hydrogens is 361 g/mol. The van der Waals surface area contributed by atoms with Gasteiger partial charge in [-0.15, -0.1) is 0 Å². The molecule has 4 rings (SSSR count). The molecule has 3 nitrogen and oxygen atoms in total. The Bertz CT molecular complexity index is 809. The monoisotopic (exact) mass is 393 g/mol. The maximum atomic E-state index is 13.0. The van der Waals surface area contributed by atoms with Crippen LogP contribution >= 0.6 is 0 Å². The first kappa shape index (κ1) is 20.1. The van der Waals surface area contributed by atoms with Crippen LogP contribution in [0.15, 0.2) is 54.6 Å². The van der Waals surface area contributed by atoms with Gasteiger partial charge in [0.1, 0.15) is 5.82 Å². The number of hydrogen-bond donors (Lipinski definition) is 0. The number of nitrogens with zero attached hydrogens (tertiary/aromatic N) is 3. The van der Waals surface area contributed by atoms with Crippen molar-refractivity contribution in [3.8, 4) is 0 Å². The van der Waals surface area contributed by atoms with Crippen molar-refractivity contribution in [2.45, 2.75) is 25.8 Å². The number of para-hydroxylation sites is 1. The van der Waals surface area contributed by atoms with Crippen LogP contribution in [0.4, 0.5) is 10.1 Å². The molecule has 4 heteroatoms. The number of piperazine rings is 1. The molecule has 0 amide bonds. The van der Waals surface area contributed by atoms with E-state index >= 15 is 0 Å². The number of benzene rings is 2. The van der Waals surface area contributed by atoms with E-state index in [1.165, 1.54) is 42.8 Å². The Hall–Kier alpha value is -2.17. The second-order valence-corrected chi connectivity index (χ2v) is 8.32. The normalized spacial score (nSPS) is 21.7. The lowest BCUT2D eigenvalue weighted by molar-refractivity contribution is 0.0991. The Morgan fingerprint density at radius 2 is 1.72 bits per heavy atom. The van der Waals surface area contributed by atoms with E-state index in [1.54, 1.807) is 0 Å². The summed E-state index contributed by atoms with van der Waals surface area (Å²) in [6.45, 7) is 10.0. The highest BCUT2D eigenvalue weighted by Crippen LogP contribution is 2.23. The largest absolute Gasteiger partial charge is 0.369 e. The SMILES string of the molecule is Cc1ccccc1N1CCN([C@@H]2CCCN(C/C=C/c3ccc(F)cc3)C2)CC1. The van der Waals surface area contributed by atoms with Gasteiger partial charge >= 0.3 is 0 Å². The van der Waals surface area contributed by atoms with Gasteiger partial charge in [-0.2, -0.15) is 0 Å². The van der Waals surface area contributed by atoms with Gasteiger partial charge in [0.2, 0.25) is 0 Å². The molecular formula is C25H32FN3. The first-order chi connectivity index (χ1) is 14.2. The summed E-state index contributed by atoms with van der Waals surface area (Å²) in [5.41, 5.74) is 3.83. The van der Waals surface area contributed by atoms with Crippen LogP contribution in [0.1, 0.15) is 24.0 Å². The fourth-order valence-electron chi connectivity index (χ4n) is 4.65. The predicted molar refractivity (Wildman–Crippen MR) is 120 cm³/mol. The van der Waals surface area contributed by atoms with Crippen molar-refractivity contribution >= 4 is 11.8 Å². The van der Waals surface area contributed by atoms with Gasteiger partial charge in [-0.1, -0.05) is 42.5 Å². The summed E-state index contributed by atoms with van der Waals surface area (Å²) in [7, 11) is 0. The minimum Gasteiger partial charge on any atom is -0.369 e. The average molecular weight is 394 g/mol. The predicted octanol–water partition coefficient (Wildman–Crippen LogP) is 4.43. The highest BCUT2D eigenvalue weighted by Gasteiger charge is 2.28. The smallest absolute Gasteiger partial charge is 0.123 e. The molecule has 2 fully saturated rings. The van der Waals surface area contributed by atoms with Gasteiger partial charge in [-0.25, -0.2) is 4.39 Å². The maximum absolute atomic E-state index is 13.0. The van der Waals surface area contributed by atoms with E-state index in [9.17, 15) is 4.39 Å². The Labute approximate surface area is 174 Å². The highest BCUT2D eigenvalue weighted by molar-refractivity contribution is 5.53. The Kier molecular flexibility index (Phi) is 6.63. The lowest BCUT2D eigenvalue weighted by Gasteiger charge is -2.44. The molecule has 0 radical (unpaired) electrons. The Morgan fingerprint density at radius 1 is 0.966 bits per heavy atom. The van der Waals surface area contributed by atoms with Gasteiger partial charge in [0.05, 0.1) is 0 Å². The molecule has 0 aromatic heterocycles. The van der Waals surface area contributed by atoms with E-state index in [0.717, 1.165) is 44.8 Å². The molecule has 0 spiro atoms. The molecule has 0 aliphatic carbocycles. The molecule has 0 unspecified atom stereocenters. The summed E-state index contributed by atoms with van der Waals surface area (Å²) in [5, 5.41) is 0. The zero-order valence-electron chi connectivity index (χ0n) is 17.4. The Balaban J connectivity index is 1.27. The first-order valence-electron chi connectivity index (χ1n) is 10.9. The van der Waals surface area contributed by atoms with Crippen molar-refractivity contribution in [1.82, 2.24) is 9.80 Å². The van der Waals surface area contributed by atoms with E-state index in [0.29, 0.717) is 6.04 Å². The van der Waals surface area contributed by atoms with E-state index < -0.39 is 0 Å². The van der Waals surface area contributed by atoms with Crippen molar-refractivity contribution in [2.24, 2.45) is 0 Å². The molecule has 1 atom stereocenters. The number of hydrogen-bond acceptors (Lipinski definition) is 3. The summed E-state index contributed by atoms with van der Waals surface area (Å²) in [4.78, 5) is 7.80. The fraction of sp³-hybridized carbons (Fsp3) is 0.440. The average Bonchev–Trinajstić information content (AvgIpc) is 2.76. The standard InChI is InChI=1S/C25H32FN3/c1-21-6-2-3-9-25(21)29-18-16-28(17-19-29)24-8-5-15-27(20-24)14-4-7-22-10-12-23(26)13-11-22/h2-4,6-7,9-13,24H,5,8,14-20H2,1H3/b7-4+/t24-/m1/s1. The molecule has 2 aromatic rings. The van der Waals surface area contributed by atoms with Gasteiger partial charge in [0, 0.05) is 51.0 Å². The molecule has 154 valence electrons. The zero-order valence-corrected chi connectivity index (χ0v) is 17.4. The van der Waals surface area contributed by atoms with E-state index in [1.807, 2.05) is 12.1 Å². The summed E-state index contributed by atoms with van der Waals surface area (Å²) in [6, 6.07) is 16.1. The lowest BCUT2D eigenvalue weighted by Crippen LogP contribution is -2.55. The van der Waals surface area contributed by atoms with E-state index in [2.05, 4.69) is 58.0 Å². The third-order valence-electron chi connectivity index (χ3n) is 6.31. The first-order valence-corrected chi connectivity index (χ1v) is 10.9. The minimum absolute atomic E-state index is 0.177. The topological polar surface area (TPSA) is 9.72 Å². The number of rotatable bonds is 5. The Morgan fingerprint density at radius 3 is 2.48 bits per heavy atom. The van der Waals surface area contributed by atoms with Gasteiger partial charge in [0.25, 0.3) is 0 Å². The van der Waals surface area contributed by atoms with Crippen LogP contribution < -0.4 is 4.90 Å². The van der Waals surface area contributed by atoms with Gasteiger partial charge in [-0.05, 0) is 55.6 Å². The molecule has 0 N–H and O–H groups in total.